The van der Waals surface area contributed by atoms with Crippen LogP contribution in [0.4, 0.5) is 5.69 Å². The van der Waals surface area contributed by atoms with Crippen molar-refractivity contribution in [1.29, 1.82) is 0 Å². The zero-order valence-corrected chi connectivity index (χ0v) is 15.5. The molecule has 0 spiro atoms. The van der Waals surface area contributed by atoms with E-state index in [9.17, 15) is 18.0 Å². The van der Waals surface area contributed by atoms with Crippen LogP contribution in [0.25, 0.3) is 0 Å². The fourth-order valence-corrected chi connectivity index (χ4v) is 5.01. The highest BCUT2D eigenvalue weighted by atomic mass is 32.2. The fourth-order valence-electron chi connectivity index (χ4n) is 3.34. The van der Waals surface area contributed by atoms with Crippen molar-refractivity contribution < 1.29 is 22.7 Å². The summed E-state index contributed by atoms with van der Waals surface area (Å²) < 4.78 is 28.3. The van der Waals surface area contributed by atoms with E-state index in [1.807, 2.05) is 24.3 Å². The molecule has 2 saturated heterocycles. The highest BCUT2D eigenvalue weighted by molar-refractivity contribution is 7.91. The molecule has 142 valence electrons. The molecule has 8 nitrogen and oxygen atoms in total. The third-order valence-electron chi connectivity index (χ3n) is 4.75. The Morgan fingerprint density at radius 2 is 1.85 bits per heavy atom. The van der Waals surface area contributed by atoms with Gasteiger partial charge in [0.15, 0.2) is 9.84 Å². The van der Waals surface area contributed by atoms with E-state index in [4.69, 9.17) is 4.74 Å². The number of benzene rings is 1. The van der Waals surface area contributed by atoms with E-state index in [0.717, 1.165) is 11.4 Å². The maximum atomic E-state index is 12.3. The highest BCUT2D eigenvalue weighted by Gasteiger charge is 2.32. The van der Waals surface area contributed by atoms with E-state index < -0.39 is 27.7 Å². The zero-order valence-electron chi connectivity index (χ0n) is 14.7. The SMILES string of the molecule is COc1ccccc1N1CCN(C(=O)C(=O)NC2CCS(=O)(=O)C2)CC1. The number of carbonyl (C=O) groups is 2. The van der Waals surface area contributed by atoms with Crippen molar-refractivity contribution in [2.45, 2.75) is 12.5 Å². The summed E-state index contributed by atoms with van der Waals surface area (Å²) in [5, 5.41) is 2.55. The first-order valence-electron chi connectivity index (χ1n) is 8.58. The van der Waals surface area contributed by atoms with Crippen molar-refractivity contribution in [2.24, 2.45) is 0 Å². The van der Waals surface area contributed by atoms with E-state index in [1.165, 1.54) is 4.90 Å². The van der Waals surface area contributed by atoms with E-state index in [2.05, 4.69) is 10.2 Å². The molecule has 2 amide bonds. The summed E-state index contributed by atoms with van der Waals surface area (Å²) in [5.41, 5.74) is 0.961. The topological polar surface area (TPSA) is 96.0 Å². The second-order valence-corrected chi connectivity index (χ2v) is 8.75. The maximum Gasteiger partial charge on any atom is 0.312 e. The smallest absolute Gasteiger partial charge is 0.312 e. The van der Waals surface area contributed by atoms with Crippen LogP contribution in [0.2, 0.25) is 0 Å². The van der Waals surface area contributed by atoms with Crippen molar-refractivity contribution in [1.82, 2.24) is 10.2 Å². The first-order valence-corrected chi connectivity index (χ1v) is 10.4. The summed E-state index contributed by atoms with van der Waals surface area (Å²) in [7, 11) is -1.48. The second-order valence-electron chi connectivity index (χ2n) is 6.52. The van der Waals surface area contributed by atoms with Gasteiger partial charge in [0.25, 0.3) is 0 Å². The molecule has 0 bridgehead atoms. The molecule has 1 aromatic rings. The Morgan fingerprint density at radius 3 is 2.46 bits per heavy atom. The van der Waals surface area contributed by atoms with Gasteiger partial charge in [-0.15, -0.1) is 0 Å². The number of amides is 2. The molecule has 2 heterocycles. The second kappa shape index (κ2) is 7.53. The van der Waals surface area contributed by atoms with Gasteiger partial charge < -0.3 is 19.9 Å². The molecule has 1 atom stereocenters. The molecule has 1 unspecified atom stereocenters. The average molecular weight is 381 g/mol. The lowest BCUT2D eigenvalue weighted by molar-refractivity contribution is -0.146. The molecule has 9 heteroatoms. The van der Waals surface area contributed by atoms with E-state index in [0.29, 0.717) is 32.6 Å². The predicted octanol–water partition coefficient (Wildman–Crippen LogP) is -0.353. The van der Waals surface area contributed by atoms with Gasteiger partial charge in [-0.2, -0.15) is 0 Å². The number of methoxy groups -OCH3 is 1. The lowest BCUT2D eigenvalue weighted by Gasteiger charge is -2.36. The molecule has 26 heavy (non-hydrogen) atoms. The molecule has 2 aliphatic heterocycles. The summed E-state index contributed by atoms with van der Waals surface area (Å²) in [6.45, 7) is 2.04. The van der Waals surface area contributed by atoms with Crippen LogP contribution in [0, 0.1) is 0 Å². The molecule has 0 saturated carbocycles. The minimum Gasteiger partial charge on any atom is -0.495 e. The first-order chi connectivity index (χ1) is 12.4. The van der Waals surface area contributed by atoms with Crippen LogP contribution in [0.5, 0.6) is 5.75 Å². The largest absolute Gasteiger partial charge is 0.495 e. The Bertz CT molecular complexity index is 787. The van der Waals surface area contributed by atoms with Gasteiger partial charge >= 0.3 is 11.8 Å². The summed E-state index contributed by atoms with van der Waals surface area (Å²) in [6.07, 6.45) is 0.364. The van der Waals surface area contributed by atoms with Crippen LogP contribution in [0.3, 0.4) is 0 Å². The number of ether oxygens (including phenoxy) is 1. The number of nitrogens with one attached hydrogen (secondary N) is 1. The number of rotatable bonds is 3. The molecule has 1 N–H and O–H groups in total. The number of piperazine rings is 1. The Kier molecular flexibility index (Phi) is 5.36. The van der Waals surface area contributed by atoms with E-state index in [-0.39, 0.29) is 11.5 Å². The lowest BCUT2D eigenvalue weighted by atomic mass is 10.2. The summed E-state index contributed by atoms with van der Waals surface area (Å²) in [6, 6.07) is 7.21. The van der Waals surface area contributed by atoms with E-state index in [1.54, 1.807) is 7.11 Å². The van der Waals surface area contributed by atoms with E-state index >= 15 is 0 Å². The molecular formula is C17H23N3O5S. The third-order valence-corrected chi connectivity index (χ3v) is 6.52. The number of anilines is 1. The number of hydrogen-bond acceptors (Lipinski definition) is 6. The van der Waals surface area contributed by atoms with Crippen molar-refractivity contribution >= 4 is 27.3 Å². The number of carbonyl (C=O) groups excluding carboxylic acids is 2. The summed E-state index contributed by atoms with van der Waals surface area (Å²) in [4.78, 5) is 28.1. The van der Waals surface area contributed by atoms with Gasteiger partial charge in [-0.05, 0) is 18.6 Å². The van der Waals surface area contributed by atoms with Gasteiger partial charge in [-0.1, -0.05) is 12.1 Å². The number of para-hydroxylation sites is 2. The van der Waals surface area contributed by atoms with Gasteiger partial charge in [0, 0.05) is 32.2 Å². The maximum absolute atomic E-state index is 12.3. The van der Waals surface area contributed by atoms with Crippen LogP contribution < -0.4 is 15.0 Å². The minimum atomic E-state index is -3.09. The van der Waals surface area contributed by atoms with Crippen molar-refractivity contribution in [3.8, 4) is 5.75 Å². The summed E-state index contributed by atoms with van der Waals surface area (Å²) in [5.74, 6) is -0.587. The Balaban J connectivity index is 1.54. The predicted molar refractivity (Wildman–Crippen MR) is 97.0 cm³/mol. The molecule has 2 aliphatic rings. The quantitative estimate of drug-likeness (QED) is 0.719. The Labute approximate surface area is 153 Å². The van der Waals surface area contributed by atoms with Crippen molar-refractivity contribution in [3.63, 3.8) is 0 Å². The van der Waals surface area contributed by atoms with Crippen molar-refractivity contribution in [3.05, 3.63) is 24.3 Å². The Hall–Kier alpha value is -2.29. The molecule has 1 aromatic carbocycles. The number of sulfone groups is 1. The van der Waals surface area contributed by atoms with Crippen LogP contribution in [0.1, 0.15) is 6.42 Å². The average Bonchev–Trinajstić information content (AvgIpc) is 2.99. The van der Waals surface area contributed by atoms with Crippen LogP contribution in [-0.4, -0.2) is 76.0 Å². The normalized spacial score (nSPS) is 22.1. The molecular weight excluding hydrogens is 358 g/mol. The van der Waals surface area contributed by atoms with Crippen LogP contribution in [-0.2, 0) is 19.4 Å². The van der Waals surface area contributed by atoms with Gasteiger partial charge in [0.2, 0.25) is 0 Å². The monoisotopic (exact) mass is 381 g/mol. The fraction of sp³-hybridized carbons (Fsp3) is 0.529. The van der Waals surface area contributed by atoms with Crippen molar-refractivity contribution in [2.75, 3.05) is 49.7 Å². The van der Waals surface area contributed by atoms with Crippen LogP contribution >= 0.6 is 0 Å². The summed E-state index contributed by atoms with van der Waals surface area (Å²) >= 11 is 0. The third kappa shape index (κ3) is 4.09. The molecule has 2 fully saturated rings. The Morgan fingerprint density at radius 1 is 1.15 bits per heavy atom. The van der Waals surface area contributed by atoms with Gasteiger partial charge in [-0.25, -0.2) is 8.42 Å². The number of nitrogens with zero attached hydrogens (tertiary/aromatic N) is 2. The van der Waals surface area contributed by atoms with Gasteiger partial charge in [0.1, 0.15) is 5.75 Å². The molecule has 0 aromatic heterocycles. The number of hydrogen-bond donors (Lipinski definition) is 1. The lowest BCUT2D eigenvalue weighted by Crippen LogP contribution is -2.54. The standard InChI is InChI=1S/C17H23N3O5S/c1-25-15-5-3-2-4-14(15)19-7-9-20(10-8-19)17(22)16(21)18-13-6-11-26(23,24)12-13/h2-5,13H,6-12H2,1H3,(H,18,21). The highest BCUT2D eigenvalue weighted by Crippen LogP contribution is 2.28. The molecule has 0 radical (unpaired) electrons. The molecule has 3 rings (SSSR count). The zero-order chi connectivity index (χ0) is 18.7. The first kappa shape index (κ1) is 18.5. The minimum absolute atomic E-state index is 0.0592. The molecule has 0 aliphatic carbocycles. The van der Waals surface area contributed by atoms with Gasteiger partial charge in [0.05, 0.1) is 24.3 Å². The van der Waals surface area contributed by atoms with Crippen LogP contribution in [0.15, 0.2) is 24.3 Å². The van der Waals surface area contributed by atoms with Gasteiger partial charge in [-0.3, -0.25) is 9.59 Å².